The number of rotatable bonds is 4. The fraction of sp³-hybridized carbons (Fsp3) is 0.444. The number of anilines is 1. The largest absolute Gasteiger partial charge is 0.477 e. The Bertz CT molecular complexity index is 753. The zero-order valence-corrected chi connectivity index (χ0v) is 13.8. The molecule has 4 rings (SSSR count). The summed E-state index contributed by atoms with van der Waals surface area (Å²) >= 11 is 0. The second-order valence-corrected chi connectivity index (χ2v) is 6.70. The Hall–Kier alpha value is -2.38. The second-order valence-electron chi connectivity index (χ2n) is 6.70. The monoisotopic (exact) mass is 343 g/mol. The van der Waals surface area contributed by atoms with Gasteiger partial charge in [0.25, 0.3) is 0 Å². The van der Waals surface area contributed by atoms with E-state index in [1.807, 2.05) is 18.2 Å². The zero-order chi connectivity index (χ0) is 17.3. The van der Waals surface area contributed by atoms with E-state index in [9.17, 15) is 9.90 Å². The smallest absolute Gasteiger partial charge is 0.343 e. The number of nitrogens with zero attached hydrogens (tertiary/aromatic N) is 1. The molecule has 2 fully saturated rings. The lowest BCUT2D eigenvalue weighted by molar-refractivity contribution is -0.0192. The molecule has 3 N–H and O–H groups in total. The molecule has 2 saturated heterocycles. The standard InChI is InChI=1S/C18H21N3O4/c22-17(23)14-15(12-4-2-1-3-5-12)25-21-16(14)20-13-10-18(24-11-13)6-8-19-9-7-18/h1-5,13,19H,6-11H2,(H,20,21)(H,22,23). The quantitative estimate of drug-likeness (QED) is 0.784. The number of ether oxygens (including phenoxy) is 1. The van der Waals surface area contributed by atoms with Crippen molar-refractivity contribution in [2.45, 2.75) is 30.9 Å². The Morgan fingerprint density at radius 1 is 1.28 bits per heavy atom. The lowest BCUT2D eigenvalue weighted by atomic mass is 9.88. The van der Waals surface area contributed by atoms with Gasteiger partial charge in [-0.3, -0.25) is 0 Å². The van der Waals surface area contributed by atoms with Gasteiger partial charge < -0.3 is 25.0 Å². The molecule has 25 heavy (non-hydrogen) atoms. The summed E-state index contributed by atoms with van der Waals surface area (Å²) in [6.45, 7) is 2.46. The molecular weight excluding hydrogens is 322 g/mol. The van der Waals surface area contributed by atoms with Gasteiger partial charge >= 0.3 is 5.97 Å². The molecule has 1 atom stereocenters. The first-order valence-corrected chi connectivity index (χ1v) is 8.56. The van der Waals surface area contributed by atoms with Crippen molar-refractivity contribution >= 4 is 11.8 Å². The van der Waals surface area contributed by atoms with Crippen LogP contribution in [-0.2, 0) is 4.74 Å². The van der Waals surface area contributed by atoms with E-state index in [4.69, 9.17) is 9.26 Å². The van der Waals surface area contributed by atoms with Crippen LogP contribution < -0.4 is 10.6 Å². The molecule has 132 valence electrons. The third-order valence-corrected chi connectivity index (χ3v) is 5.01. The maximum absolute atomic E-state index is 11.8. The summed E-state index contributed by atoms with van der Waals surface area (Å²) in [6, 6.07) is 9.18. The predicted molar refractivity (Wildman–Crippen MR) is 91.7 cm³/mol. The molecule has 1 aromatic heterocycles. The van der Waals surface area contributed by atoms with Gasteiger partial charge in [0.2, 0.25) is 0 Å². The van der Waals surface area contributed by atoms with Crippen molar-refractivity contribution in [2.75, 3.05) is 25.0 Å². The minimum absolute atomic E-state index is 0.0323. The third kappa shape index (κ3) is 3.12. The molecule has 1 unspecified atom stereocenters. The molecule has 1 spiro atoms. The molecule has 0 aliphatic carbocycles. The van der Waals surface area contributed by atoms with E-state index < -0.39 is 5.97 Å². The lowest BCUT2D eigenvalue weighted by Crippen LogP contribution is -2.41. The van der Waals surface area contributed by atoms with E-state index in [2.05, 4.69) is 15.8 Å². The SMILES string of the molecule is O=C(O)c1c(NC2COC3(CCNCC3)C2)noc1-c1ccccc1. The van der Waals surface area contributed by atoms with Crippen LogP contribution in [0.3, 0.4) is 0 Å². The summed E-state index contributed by atoms with van der Waals surface area (Å²) in [5.74, 6) is -0.518. The van der Waals surface area contributed by atoms with Gasteiger partial charge in [-0.1, -0.05) is 35.5 Å². The molecule has 2 aliphatic heterocycles. The number of hydrogen-bond acceptors (Lipinski definition) is 6. The van der Waals surface area contributed by atoms with Crippen molar-refractivity contribution in [3.8, 4) is 11.3 Å². The van der Waals surface area contributed by atoms with E-state index in [0.717, 1.165) is 32.4 Å². The summed E-state index contributed by atoms with van der Waals surface area (Å²) < 4.78 is 11.4. The van der Waals surface area contributed by atoms with Crippen molar-refractivity contribution in [1.29, 1.82) is 0 Å². The molecule has 0 radical (unpaired) electrons. The first-order chi connectivity index (χ1) is 12.2. The maximum atomic E-state index is 11.8. The van der Waals surface area contributed by atoms with Gasteiger partial charge in [-0.15, -0.1) is 0 Å². The first kappa shape index (κ1) is 16.1. The Kier molecular flexibility index (Phi) is 4.19. The molecule has 7 heteroatoms. The number of nitrogens with one attached hydrogen (secondary N) is 2. The molecular formula is C18H21N3O4. The fourth-order valence-corrected chi connectivity index (χ4v) is 3.73. The van der Waals surface area contributed by atoms with Crippen LogP contribution in [0.2, 0.25) is 0 Å². The normalized spacial score (nSPS) is 22.2. The fourth-order valence-electron chi connectivity index (χ4n) is 3.73. The zero-order valence-electron chi connectivity index (χ0n) is 13.8. The Balaban J connectivity index is 1.55. The van der Waals surface area contributed by atoms with Gasteiger partial charge in [0.05, 0.1) is 18.2 Å². The molecule has 1 aromatic carbocycles. The summed E-state index contributed by atoms with van der Waals surface area (Å²) in [6.07, 6.45) is 2.80. The number of hydrogen-bond donors (Lipinski definition) is 3. The number of carbonyl (C=O) groups is 1. The van der Waals surface area contributed by atoms with Gasteiger partial charge in [0.15, 0.2) is 17.1 Å². The van der Waals surface area contributed by atoms with E-state index >= 15 is 0 Å². The summed E-state index contributed by atoms with van der Waals surface area (Å²) in [7, 11) is 0. The van der Waals surface area contributed by atoms with Crippen LogP contribution >= 0.6 is 0 Å². The molecule has 2 aromatic rings. The Labute approximate surface area is 145 Å². The van der Waals surface area contributed by atoms with Crippen molar-refractivity contribution in [2.24, 2.45) is 0 Å². The van der Waals surface area contributed by atoms with Crippen LogP contribution in [0.4, 0.5) is 5.82 Å². The number of carboxylic acid groups (broad SMARTS) is 1. The highest BCUT2D eigenvalue weighted by Crippen LogP contribution is 2.36. The molecule has 0 bridgehead atoms. The molecule has 7 nitrogen and oxygen atoms in total. The van der Waals surface area contributed by atoms with Gasteiger partial charge in [-0.05, 0) is 32.4 Å². The second kappa shape index (κ2) is 6.50. The molecule has 0 amide bonds. The average molecular weight is 343 g/mol. The molecule has 3 heterocycles. The maximum Gasteiger partial charge on any atom is 0.343 e. The van der Waals surface area contributed by atoms with Crippen molar-refractivity contribution in [1.82, 2.24) is 10.5 Å². The summed E-state index contributed by atoms with van der Waals surface area (Å²) in [4.78, 5) is 11.8. The van der Waals surface area contributed by atoms with Gasteiger partial charge in [0, 0.05) is 5.56 Å². The topological polar surface area (TPSA) is 96.6 Å². The number of aromatic carboxylic acids is 1. The predicted octanol–water partition coefficient (Wildman–Crippen LogP) is 2.36. The summed E-state index contributed by atoms with van der Waals surface area (Å²) in [5, 5.41) is 20.2. The number of piperidine rings is 1. The number of aromatic nitrogens is 1. The van der Waals surface area contributed by atoms with Gasteiger partial charge in [-0.2, -0.15) is 0 Å². The first-order valence-electron chi connectivity index (χ1n) is 8.56. The van der Waals surface area contributed by atoms with Crippen LogP contribution in [-0.4, -0.2) is 47.6 Å². The van der Waals surface area contributed by atoms with E-state index in [1.165, 1.54) is 0 Å². The Morgan fingerprint density at radius 2 is 2.04 bits per heavy atom. The molecule has 2 aliphatic rings. The van der Waals surface area contributed by atoms with E-state index in [-0.39, 0.29) is 28.8 Å². The Morgan fingerprint density at radius 3 is 2.76 bits per heavy atom. The van der Waals surface area contributed by atoms with Gasteiger partial charge in [-0.25, -0.2) is 4.79 Å². The highest BCUT2D eigenvalue weighted by molar-refractivity contribution is 5.99. The number of benzene rings is 1. The van der Waals surface area contributed by atoms with E-state index in [1.54, 1.807) is 12.1 Å². The third-order valence-electron chi connectivity index (χ3n) is 5.01. The van der Waals surface area contributed by atoms with Crippen LogP contribution in [0, 0.1) is 0 Å². The van der Waals surface area contributed by atoms with Crippen LogP contribution in [0.25, 0.3) is 11.3 Å². The highest BCUT2D eigenvalue weighted by Gasteiger charge is 2.41. The van der Waals surface area contributed by atoms with Crippen LogP contribution in [0.15, 0.2) is 34.9 Å². The minimum Gasteiger partial charge on any atom is -0.477 e. The van der Waals surface area contributed by atoms with Gasteiger partial charge in [0.1, 0.15) is 0 Å². The number of carboxylic acids is 1. The van der Waals surface area contributed by atoms with Crippen LogP contribution in [0.1, 0.15) is 29.6 Å². The molecule has 0 saturated carbocycles. The average Bonchev–Trinajstić information content (AvgIpc) is 3.21. The van der Waals surface area contributed by atoms with Crippen molar-refractivity contribution in [3.05, 3.63) is 35.9 Å². The summed E-state index contributed by atoms with van der Waals surface area (Å²) in [5.41, 5.74) is 0.661. The highest BCUT2D eigenvalue weighted by atomic mass is 16.5. The van der Waals surface area contributed by atoms with Crippen molar-refractivity contribution in [3.63, 3.8) is 0 Å². The lowest BCUT2D eigenvalue weighted by Gasteiger charge is -2.32. The minimum atomic E-state index is -1.06. The van der Waals surface area contributed by atoms with E-state index in [0.29, 0.717) is 12.2 Å². The van der Waals surface area contributed by atoms with Crippen LogP contribution in [0.5, 0.6) is 0 Å². The van der Waals surface area contributed by atoms with Crippen molar-refractivity contribution < 1.29 is 19.2 Å².